The van der Waals surface area contributed by atoms with Gasteiger partial charge < -0.3 is 10.4 Å². The Morgan fingerprint density at radius 2 is 2.09 bits per heavy atom. The summed E-state index contributed by atoms with van der Waals surface area (Å²) in [7, 11) is 0. The molecule has 1 amide bonds. The Balaban J connectivity index is 1.83. The highest BCUT2D eigenvalue weighted by Gasteiger charge is 2.37. The van der Waals surface area contributed by atoms with Crippen molar-refractivity contribution in [3.63, 3.8) is 0 Å². The minimum absolute atomic E-state index is 0.142. The van der Waals surface area contributed by atoms with Gasteiger partial charge in [-0.1, -0.05) is 20.8 Å². The molecule has 0 aliphatic heterocycles. The van der Waals surface area contributed by atoms with Crippen molar-refractivity contribution < 1.29 is 9.90 Å². The molecule has 0 spiro atoms. The minimum atomic E-state index is -0.778. The largest absolute Gasteiger partial charge is 0.388 e. The van der Waals surface area contributed by atoms with E-state index in [1.807, 2.05) is 0 Å². The molecule has 2 rings (SSSR count). The molecule has 0 radical (unpaired) electrons. The lowest BCUT2D eigenvalue weighted by molar-refractivity contribution is -0.126. The Kier molecular flexibility index (Phi) is 4.90. The van der Waals surface area contributed by atoms with Crippen molar-refractivity contribution in [1.29, 1.82) is 0 Å². The van der Waals surface area contributed by atoms with Gasteiger partial charge in [-0.25, -0.2) is 9.67 Å². The number of nitrogens with one attached hydrogen (secondary N) is 1. The van der Waals surface area contributed by atoms with Crippen molar-refractivity contribution in [3.05, 3.63) is 12.7 Å². The van der Waals surface area contributed by atoms with Gasteiger partial charge in [-0.2, -0.15) is 5.10 Å². The number of nitrogens with zero attached hydrogens (tertiary/aromatic N) is 3. The molecule has 1 aliphatic carbocycles. The zero-order chi connectivity index (χ0) is 16.4. The van der Waals surface area contributed by atoms with E-state index in [1.165, 1.54) is 17.3 Å². The quantitative estimate of drug-likeness (QED) is 0.890. The Hall–Kier alpha value is -1.43. The van der Waals surface area contributed by atoms with Gasteiger partial charge in [0, 0.05) is 6.54 Å². The smallest absolute Gasteiger partial charge is 0.244 e. The fourth-order valence-corrected chi connectivity index (χ4v) is 3.13. The molecule has 1 unspecified atom stereocenters. The summed E-state index contributed by atoms with van der Waals surface area (Å²) in [5, 5.41) is 17.5. The van der Waals surface area contributed by atoms with E-state index >= 15 is 0 Å². The first-order chi connectivity index (χ1) is 10.2. The predicted octanol–water partition coefficient (Wildman–Crippen LogP) is 1.92. The second-order valence-corrected chi connectivity index (χ2v) is 7.63. The topological polar surface area (TPSA) is 80.0 Å². The van der Waals surface area contributed by atoms with Gasteiger partial charge in [-0.05, 0) is 43.9 Å². The molecule has 0 saturated heterocycles. The van der Waals surface area contributed by atoms with Crippen LogP contribution >= 0.6 is 0 Å². The lowest BCUT2D eigenvalue weighted by Crippen LogP contribution is -2.47. The number of aromatic nitrogens is 3. The summed E-state index contributed by atoms with van der Waals surface area (Å²) < 4.78 is 1.51. The van der Waals surface area contributed by atoms with Crippen LogP contribution in [-0.4, -0.2) is 37.9 Å². The second-order valence-electron chi connectivity index (χ2n) is 7.63. The predicted molar refractivity (Wildman–Crippen MR) is 84.1 cm³/mol. The summed E-state index contributed by atoms with van der Waals surface area (Å²) in [5.41, 5.74) is -0.494. The van der Waals surface area contributed by atoms with Crippen molar-refractivity contribution in [2.45, 2.75) is 65.0 Å². The molecule has 6 nitrogen and oxygen atoms in total. The first kappa shape index (κ1) is 16.9. The van der Waals surface area contributed by atoms with Crippen LogP contribution < -0.4 is 5.32 Å². The van der Waals surface area contributed by atoms with Crippen LogP contribution in [0, 0.1) is 11.3 Å². The number of hydrogen-bond acceptors (Lipinski definition) is 4. The van der Waals surface area contributed by atoms with Crippen LogP contribution in [0.2, 0.25) is 0 Å². The van der Waals surface area contributed by atoms with Gasteiger partial charge in [-0.15, -0.1) is 0 Å². The maximum atomic E-state index is 12.1. The molecule has 1 aromatic heterocycles. The first-order valence-electron chi connectivity index (χ1n) is 8.05. The Morgan fingerprint density at radius 3 is 2.59 bits per heavy atom. The lowest BCUT2D eigenvalue weighted by atomic mass is 9.68. The van der Waals surface area contributed by atoms with Crippen LogP contribution in [0.15, 0.2) is 12.7 Å². The van der Waals surface area contributed by atoms with E-state index in [0.717, 1.165) is 25.7 Å². The Bertz CT molecular complexity index is 485. The van der Waals surface area contributed by atoms with Crippen molar-refractivity contribution in [2.24, 2.45) is 11.3 Å². The first-order valence-corrected chi connectivity index (χ1v) is 8.05. The summed E-state index contributed by atoms with van der Waals surface area (Å²) in [4.78, 5) is 16.0. The highest BCUT2D eigenvalue weighted by atomic mass is 16.3. The molecule has 0 aromatic carbocycles. The Morgan fingerprint density at radius 1 is 1.45 bits per heavy atom. The molecule has 1 aliphatic rings. The van der Waals surface area contributed by atoms with Crippen molar-refractivity contribution in [2.75, 3.05) is 6.54 Å². The van der Waals surface area contributed by atoms with Crippen LogP contribution in [0.25, 0.3) is 0 Å². The van der Waals surface area contributed by atoms with E-state index in [1.54, 1.807) is 6.92 Å². The third-order valence-electron chi connectivity index (χ3n) is 4.95. The highest BCUT2D eigenvalue weighted by Crippen LogP contribution is 2.41. The molecule has 2 N–H and O–H groups in total. The normalized spacial score (nSPS) is 27.4. The standard InChI is InChI=1S/C16H28N4O2/c1-12(20-11-17-10-19-20)14(21)18-9-16(22)7-5-13(6-8-16)15(2,3)4/h10-13,22H,5-9H2,1-4H3,(H,18,21). The second kappa shape index (κ2) is 6.36. The number of carbonyl (C=O) groups excluding carboxylic acids is 1. The van der Waals surface area contributed by atoms with Crippen molar-refractivity contribution in [1.82, 2.24) is 20.1 Å². The highest BCUT2D eigenvalue weighted by molar-refractivity contribution is 5.79. The molecular formula is C16H28N4O2. The SMILES string of the molecule is CC(C(=O)NCC1(O)CCC(C(C)(C)C)CC1)n1cncn1. The molecule has 1 aromatic rings. The fourth-order valence-electron chi connectivity index (χ4n) is 3.13. The van der Waals surface area contributed by atoms with E-state index in [4.69, 9.17) is 0 Å². The average Bonchev–Trinajstić information content (AvgIpc) is 2.97. The Labute approximate surface area is 132 Å². The van der Waals surface area contributed by atoms with E-state index < -0.39 is 11.6 Å². The molecular weight excluding hydrogens is 280 g/mol. The third kappa shape index (κ3) is 4.06. The van der Waals surface area contributed by atoms with Crippen molar-refractivity contribution in [3.8, 4) is 0 Å². The summed E-state index contributed by atoms with van der Waals surface area (Å²) >= 11 is 0. The maximum absolute atomic E-state index is 12.1. The number of rotatable bonds is 4. The average molecular weight is 308 g/mol. The van der Waals surface area contributed by atoms with Gasteiger partial charge in [0.2, 0.25) is 5.91 Å². The fraction of sp³-hybridized carbons (Fsp3) is 0.812. The van der Waals surface area contributed by atoms with E-state index in [2.05, 4.69) is 36.2 Å². The van der Waals surface area contributed by atoms with E-state index in [9.17, 15) is 9.90 Å². The van der Waals surface area contributed by atoms with Gasteiger partial charge in [0.25, 0.3) is 0 Å². The van der Waals surface area contributed by atoms with Crippen LogP contribution in [0.5, 0.6) is 0 Å². The minimum Gasteiger partial charge on any atom is -0.388 e. The third-order valence-corrected chi connectivity index (χ3v) is 4.95. The van der Waals surface area contributed by atoms with Gasteiger partial charge >= 0.3 is 0 Å². The van der Waals surface area contributed by atoms with Crippen molar-refractivity contribution >= 4 is 5.91 Å². The molecule has 1 atom stereocenters. The zero-order valence-electron chi connectivity index (χ0n) is 14.0. The number of hydrogen-bond donors (Lipinski definition) is 2. The lowest BCUT2D eigenvalue weighted by Gasteiger charge is -2.41. The summed E-state index contributed by atoms with van der Waals surface area (Å²) in [5.74, 6) is 0.495. The number of aliphatic hydroxyl groups is 1. The monoisotopic (exact) mass is 308 g/mol. The van der Waals surface area contributed by atoms with Crippen LogP contribution in [0.4, 0.5) is 0 Å². The van der Waals surface area contributed by atoms with Crippen LogP contribution in [0.3, 0.4) is 0 Å². The summed E-state index contributed by atoms with van der Waals surface area (Å²) in [6.45, 7) is 8.84. The molecule has 1 saturated carbocycles. The van der Waals surface area contributed by atoms with Crippen LogP contribution in [0.1, 0.15) is 59.4 Å². The van der Waals surface area contributed by atoms with Gasteiger partial charge in [0.1, 0.15) is 18.7 Å². The summed E-state index contributed by atoms with van der Waals surface area (Å²) in [6, 6.07) is -0.419. The molecule has 22 heavy (non-hydrogen) atoms. The molecule has 0 bridgehead atoms. The molecule has 1 heterocycles. The van der Waals surface area contributed by atoms with Crippen LogP contribution in [-0.2, 0) is 4.79 Å². The van der Waals surface area contributed by atoms with Gasteiger partial charge in [0.15, 0.2) is 0 Å². The van der Waals surface area contributed by atoms with Gasteiger partial charge in [0.05, 0.1) is 5.60 Å². The van der Waals surface area contributed by atoms with E-state index in [-0.39, 0.29) is 11.3 Å². The number of carbonyl (C=O) groups is 1. The number of amides is 1. The molecule has 124 valence electrons. The molecule has 6 heteroatoms. The van der Waals surface area contributed by atoms with Gasteiger partial charge in [-0.3, -0.25) is 4.79 Å². The van der Waals surface area contributed by atoms with E-state index in [0.29, 0.717) is 12.5 Å². The zero-order valence-corrected chi connectivity index (χ0v) is 14.0. The molecule has 1 fully saturated rings. The maximum Gasteiger partial charge on any atom is 0.244 e. The summed E-state index contributed by atoms with van der Waals surface area (Å²) in [6.07, 6.45) is 6.43.